The normalized spacial score (nSPS) is 15.4. The molecule has 0 bridgehead atoms. The molecule has 0 saturated carbocycles. The third kappa shape index (κ3) is 5.83. The van der Waals surface area contributed by atoms with Gasteiger partial charge in [0.05, 0.1) is 25.7 Å². The van der Waals surface area contributed by atoms with E-state index in [0.717, 1.165) is 10.9 Å². The number of hydrogen-bond acceptors (Lipinski definition) is 8. The van der Waals surface area contributed by atoms with Crippen LogP contribution in [0.3, 0.4) is 0 Å². The number of carbonyl (C=O) groups excluding carboxylic acids is 1. The second-order valence-electron chi connectivity index (χ2n) is 9.52. The predicted molar refractivity (Wildman–Crippen MR) is 142 cm³/mol. The molecule has 10 nitrogen and oxygen atoms in total. The van der Waals surface area contributed by atoms with Crippen LogP contribution in [0.15, 0.2) is 53.3 Å². The van der Waals surface area contributed by atoms with Gasteiger partial charge in [0.25, 0.3) is 5.56 Å². The maximum absolute atomic E-state index is 13.5. The first kappa shape index (κ1) is 26.5. The number of tetrazole rings is 1. The number of hydrogen-bond donors (Lipinski definition) is 1. The van der Waals surface area contributed by atoms with Crippen LogP contribution in [-0.4, -0.2) is 62.4 Å². The van der Waals surface area contributed by atoms with Crippen LogP contribution in [0, 0.1) is 11.7 Å². The van der Waals surface area contributed by atoms with E-state index in [-0.39, 0.29) is 23.3 Å². The van der Waals surface area contributed by atoms with E-state index in [1.807, 2.05) is 31.2 Å². The first-order chi connectivity index (χ1) is 19.0. The third-order valence-corrected chi connectivity index (χ3v) is 7.01. The number of benzene rings is 2. The monoisotopic (exact) mass is 534 g/mol. The van der Waals surface area contributed by atoms with Crippen molar-refractivity contribution in [2.24, 2.45) is 5.92 Å². The summed E-state index contributed by atoms with van der Waals surface area (Å²) in [6.07, 6.45) is 1.18. The molecule has 2 aromatic carbocycles. The van der Waals surface area contributed by atoms with Crippen LogP contribution in [0.1, 0.15) is 49.7 Å². The minimum atomic E-state index is -0.576. The molecule has 1 unspecified atom stereocenters. The number of carbonyl (C=O) groups is 1. The summed E-state index contributed by atoms with van der Waals surface area (Å²) in [4.78, 5) is 31.0. The number of halogens is 1. The average molecular weight is 535 g/mol. The van der Waals surface area contributed by atoms with Gasteiger partial charge in [-0.05, 0) is 79.1 Å². The van der Waals surface area contributed by atoms with E-state index in [0.29, 0.717) is 68.3 Å². The van der Waals surface area contributed by atoms with Crippen LogP contribution < -0.4 is 10.3 Å². The number of esters is 1. The molecule has 1 N–H and O–H groups in total. The second-order valence-corrected chi connectivity index (χ2v) is 9.52. The molecule has 0 radical (unpaired) electrons. The van der Waals surface area contributed by atoms with Crippen LogP contribution in [-0.2, 0) is 16.1 Å². The van der Waals surface area contributed by atoms with Crippen molar-refractivity contribution >= 4 is 16.9 Å². The van der Waals surface area contributed by atoms with E-state index in [1.54, 1.807) is 23.7 Å². The molecule has 1 saturated heterocycles. The van der Waals surface area contributed by atoms with Crippen molar-refractivity contribution in [3.8, 4) is 5.75 Å². The van der Waals surface area contributed by atoms with Crippen molar-refractivity contribution in [2.45, 2.75) is 39.3 Å². The Hall–Kier alpha value is -4.12. The lowest BCUT2D eigenvalue weighted by atomic mass is 9.94. The zero-order chi connectivity index (χ0) is 27.4. The average Bonchev–Trinajstić information content (AvgIpc) is 3.39. The van der Waals surface area contributed by atoms with Crippen molar-refractivity contribution in [1.29, 1.82) is 0 Å². The quantitative estimate of drug-likeness (QED) is 0.325. The lowest BCUT2D eigenvalue weighted by Crippen LogP contribution is -2.42. The number of likely N-dealkylation sites (tertiary alicyclic amines) is 1. The van der Waals surface area contributed by atoms with Crippen molar-refractivity contribution in [3.63, 3.8) is 0 Å². The van der Waals surface area contributed by atoms with Gasteiger partial charge in [0.2, 0.25) is 0 Å². The highest BCUT2D eigenvalue weighted by Gasteiger charge is 2.35. The van der Waals surface area contributed by atoms with Gasteiger partial charge in [-0.2, -0.15) is 0 Å². The number of rotatable bonds is 9. The molecule has 1 fully saturated rings. The van der Waals surface area contributed by atoms with Crippen LogP contribution >= 0.6 is 0 Å². The van der Waals surface area contributed by atoms with Crippen molar-refractivity contribution in [2.75, 3.05) is 26.3 Å². The Morgan fingerprint density at radius 1 is 1.10 bits per heavy atom. The van der Waals surface area contributed by atoms with Gasteiger partial charge in [0, 0.05) is 29.6 Å². The fraction of sp³-hybridized carbons (Fsp3) is 0.393. The zero-order valence-electron chi connectivity index (χ0n) is 22.0. The maximum atomic E-state index is 13.5. The number of fused-ring (bicyclic) bond motifs is 1. The standard InChI is InChI=1S/C28H31FN6O4/c1-3-38-22-9-10-24-20(15-22)16-23(27(36)30-24)25(34-13-11-19(12-14-34)28(37)39-4-2)26-31-32-33-35(26)17-18-5-7-21(29)8-6-18/h5-10,15-16,19,25H,3-4,11-14,17H2,1-2H3,(H,30,36). The van der Waals surface area contributed by atoms with Crippen molar-refractivity contribution < 1.29 is 18.7 Å². The van der Waals surface area contributed by atoms with Gasteiger partial charge in [-0.1, -0.05) is 12.1 Å². The first-order valence-corrected chi connectivity index (χ1v) is 13.2. The number of nitrogens with zero attached hydrogens (tertiary/aromatic N) is 5. The Kier molecular flexibility index (Phi) is 7.97. The molecule has 4 aromatic rings. The van der Waals surface area contributed by atoms with E-state index in [1.165, 1.54) is 12.1 Å². The number of nitrogens with one attached hydrogen (secondary N) is 1. The van der Waals surface area contributed by atoms with Gasteiger partial charge >= 0.3 is 5.97 Å². The summed E-state index contributed by atoms with van der Waals surface area (Å²) >= 11 is 0. The summed E-state index contributed by atoms with van der Waals surface area (Å²) < 4.78 is 26.0. The Balaban J connectivity index is 1.54. The maximum Gasteiger partial charge on any atom is 0.309 e. The largest absolute Gasteiger partial charge is 0.494 e. The Bertz CT molecular complexity index is 1490. The number of aromatic nitrogens is 5. The lowest BCUT2D eigenvalue weighted by Gasteiger charge is -2.36. The fourth-order valence-corrected chi connectivity index (χ4v) is 5.10. The topological polar surface area (TPSA) is 115 Å². The molecule has 0 spiro atoms. The van der Waals surface area contributed by atoms with Crippen molar-refractivity contribution in [1.82, 2.24) is 30.1 Å². The van der Waals surface area contributed by atoms with E-state index >= 15 is 0 Å². The fourth-order valence-electron chi connectivity index (χ4n) is 5.10. The Morgan fingerprint density at radius 2 is 1.87 bits per heavy atom. The summed E-state index contributed by atoms with van der Waals surface area (Å²) in [5.41, 5.74) is 1.75. The van der Waals surface area contributed by atoms with E-state index in [4.69, 9.17) is 9.47 Å². The van der Waals surface area contributed by atoms with Crippen LogP contribution in [0.25, 0.3) is 10.9 Å². The van der Waals surface area contributed by atoms with Gasteiger partial charge < -0.3 is 14.5 Å². The van der Waals surface area contributed by atoms with Crippen LogP contribution in [0.4, 0.5) is 4.39 Å². The van der Waals surface area contributed by atoms with Gasteiger partial charge in [-0.15, -0.1) is 5.10 Å². The van der Waals surface area contributed by atoms with Gasteiger partial charge in [-0.3, -0.25) is 14.5 Å². The molecule has 5 rings (SSSR count). The molecule has 0 aliphatic carbocycles. The highest BCUT2D eigenvalue weighted by molar-refractivity contribution is 5.80. The Morgan fingerprint density at radius 3 is 2.59 bits per heavy atom. The molecule has 11 heteroatoms. The number of H-pyrrole nitrogens is 1. The number of piperidine rings is 1. The molecular formula is C28H31FN6O4. The molecule has 3 heterocycles. The minimum Gasteiger partial charge on any atom is -0.494 e. The van der Waals surface area contributed by atoms with E-state index < -0.39 is 6.04 Å². The van der Waals surface area contributed by atoms with Crippen LogP contribution in [0.2, 0.25) is 0 Å². The van der Waals surface area contributed by atoms with Gasteiger partial charge in [-0.25, -0.2) is 9.07 Å². The van der Waals surface area contributed by atoms with Crippen LogP contribution in [0.5, 0.6) is 5.75 Å². The minimum absolute atomic E-state index is 0.193. The first-order valence-electron chi connectivity index (χ1n) is 13.2. The summed E-state index contributed by atoms with van der Waals surface area (Å²) in [5.74, 6) is 0.477. The number of pyridine rings is 1. The summed E-state index contributed by atoms with van der Waals surface area (Å²) in [6, 6.07) is 13.0. The molecule has 0 amide bonds. The smallest absolute Gasteiger partial charge is 0.309 e. The lowest BCUT2D eigenvalue weighted by molar-refractivity contribution is -0.149. The number of aromatic amines is 1. The summed E-state index contributed by atoms with van der Waals surface area (Å²) in [5, 5.41) is 13.3. The molecular weight excluding hydrogens is 503 g/mol. The molecule has 1 aliphatic heterocycles. The van der Waals surface area contributed by atoms with Gasteiger partial charge in [0.15, 0.2) is 5.82 Å². The molecule has 204 valence electrons. The highest BCUT2D eigenvalue weighted by atomic mass is 19.1. The molecule has 1 aliphatic rings. The zero-order valence-corrected chi connectivity index (χ0v) is 22.0. The highest BCUT2D eigenvalue weighted by Crippen LogP contribution is 2.32. The van der Waals surface area contributed by atoms with E-state index in [9.17, 15) is 14.0 Å². The summed E-state index contributed by atoms with van der Waals surface area (Å²) in [7, 11) is 0. The molecule has 1 atom stereocenters. The van der Waals surface area contributed by atoms with Crippen molar-refractivity contribution in [3.05, 3.63) is 81.7 Å². The molecule has 39 heavy (non-hydrogen) atoms. The second kappa shape index (κ2) is 11.7. The summed E-state index contributed by atoms with van der Waals surface area (Å²) in [6.45, 7) is 5.99. The molecule has 2 aromatic heterocycles. The van der Waals surface area contributed by atoms with Gasteiger partial charge in [0.1, 0.15) is 17.6 Å². The number of ether oxygens (including phenoxy) is 2. The predicted octanol–water partition coefficient (Wildman–Crippen LogP) is 3.47. The van der Waals surface area contributed by atoms with E-state index in [2.05, 4.69) is 25.4 Å². The Labute approximate surface area is 224 Å². The SMILES string of the molecule is CCOC(=O)C1CCN(C(c2cc3cc(OCC)ccc3[nH]c2=O)c2nnnn2Cc2ccc(F)cc2)CC1. The third-order valence-electron chi connectivity index (χ3n) is 7.01.